The number of hydrogen-bond acceptors (Lipinski definition) is 4. The first-order valence-electron chi connectivity index (χ1n) is 4.63. The van der Waals surface area contributed by atoms with E-state index >= 15 is 0 Å². The van der Waals surface area contributed by atoms with Crippen LogP contribution >= 0.6 is 12.4 Å². The van der Waals surface area contributed by atoms with Gasteiger partial charge in [0, 0.05) is 18.3 Å². The summed E-state index contributed by atoms with van der Waals surface area (Å²) in [4.78, 5) is 17.0. The average Bonchev–Trinajstić information content (AvgIpc) is 2.18. The molecule has 0 fully saturated rings. The van der Waals surface area contributed by atoms with Gasteiger partial charge in [0.15, 0.2) is 5.66 Å². The Labute approximate surface area is 101 Å². The summed E-state index contributed by atoms with van der Waals surface area (Å²) in [6, 6.07) is 5.47. The van der Waals surface area contributed by atoms with Crippen molar-refractivity contribution in [1.29, 1.82) is 0 Å². The van der Waals surface area contributed by atoms with Gasteiger partial charge in [-0.15, -0.1) is 12.4 Å². The summed E-state index contributed by atoms with van der Waals surface area (Å²) < 4.78 is 0. The van der Waals surface area contributed by atoms with Gasteiger partial charge < -0.3 is 11.5 Å². The van der Waals surface area contributed by atoms with E-state index in [2.05, 4.69) is 4.98 Å². The highest BCUT2D eigenvalue weighted by atomic mass is 35.5. The van der Waals surface area contributed by atoms with Crippen molar-refractivity contribution in [2.75, 3.05) is 14.1 Å². The minimum Gasteiger partial charge on any atom is -0.367 e. The maximum Gasteiger partial charge on any atom is 0.252 e. The van der Waals surface area contributed by atoms with Crippen LogP contribution in [0.2, 0.25) is 0 Å². The minimum atomic E-state index is -1.19. The molecule has 1 amide bonds. The molecule has 0 aliphatic heterocycles. The molecule has 5 nitrogen and oxygen atoms in total. The van der Waals surface area contributed by atoms with Gasteiger partial charge in [0.2, 0.25) is 0 Å². The van der Waals surface area contributed by atoms with Crippen molar-refractivity contribution >= 4 is 18.3 Å². The molecule has 0 saturated heterocycles. The molecular weight excluding hydrogens is 228 g/mol. The first-order valence-corrected chi connectivity index (χ1v) is 4.63. The van der Waals surface area contributed by atoms with Gasteiger partial charge in [-0.05, 0) is 26.2 Å². The van der Waals surface area contributed by atoms with Crippen molar-refractivity contribution in [1.82, 2.24) is 9.88 Å². The van der Waals surface area contributed by atoms with Crippen molar-refractivity contribution in [3.8, 4) is 0 Å². The molecule has 0 spiro atoms. The van der Waals surface area contributed by atoms with Gasteiger partial charge in [0.05, 0.1) is 0 Å². The third-order valence-corrected chi connectivity index (χ3v) is 2.40. The number of carbonyl (C=O) groups excluding carboxylic acids is 1. The molecule has 4 N–H and O–H groups in total. The van der Waals surface area contributed by atoms with Gasteiger partial charge in [-0.1, -0.05) is 6.07 Å². The molecule has 0 radical (unpaired) electrons. The van der Waals surface area contributed by atoms with Crippen LogP contribution in [0.5, 0.6) is 0 Å². The van der Waals surface area contributed by atoms with Crippen molar-refractivity contribution < 1.29 is 4.79 Å². The van der Waals surface area contributed by atoms with Gasteiger partial charge in [0.1, 0.15) is 0 Å². The van der Waals surface area contributed by atoms with Crippen LogP contribution in [0.25, 0.3) is 0 Å². The molecule has 0 aromatic carbocycles. The Hall–Kier alpha value is -1.17. The van der Waals surface area contributed by atoms with Crippen LogP contribution < -0.4 is 11.5 Å². The Kier molecular flexibility index (Phi) is 5.37. The van der Waals surface area contributed by atoms with Crippen molar-refractivity contribution in [2.24, 2.45) is 11.5 Å². The van der Waals surface area contributed by atoms with Crippen LogP contribution in [0, 0.1) is 0 Å². The quantitative estimate of drug-likeness (QED) is 0.716. The van der Waals surface area contributed by atoms with E-state index in [4.69, 9.17) is 11.5 Å². The molecule has 6 heteroatoms. The lowest BCUT2D eigenvalue weighted by molar-refractivity contribution is -0.128. The Balaban J connectivity index is 0.00000225. The van der Waals surface area contributed by atoms with Crippen LogP contribution in [0.1, 0.15) is 5.69 Å². The molecule has 16 heavy (non-hydrogen) atoms. The van der Waals surface area contributed by atoms with E-state index < -0.39 is 11.6 Å². The fourth-order valence-corrected chi connectivity index (χ4v) is 1.24. The molecule has 90 valence electrons. The number of nitrogens with zero attached hydrogens (tertiary/aromatic N) is 2. The number of nitrogens with two attached hydrogens (primary N) is 2. The minimum absolute atomic E-state index is 0. The Morgan fingerprint density at radius 1 is 1.50 bits per heavy atom. The standard InChI is InChI=1S/C10H16N4O.ClH/c1-14(2)10(12,9(11)15)7-8-5-3-4-6-13-8;/h3-6H,7,12H2,1-2H3,(H2,11,15);1H/t10-;/m0./s1. The van der Waals surface area contributed by atoms with Crippen molar-refractivity contribution in [3.63, 3.8) is 0 Å². The molecule has 1 heterocycles. The normalized spacial score (nSPS) is 14.0. The maximum atomic E-state index is 11.3. The van der Waals surface area contributed by atoms with Crippen LogP contribution in [0.4, 0.5) is 0 Å². The molecule has 1 aromatic rings. The highest BCUT2D eigenvalue weighted by Gasteiger charge is 2.34. The summed E-state index contributed by atoms with van der Waals surface area (Å²) >= 11 is 0. The number of hydrogen-bond donors (Lipinski definition) is 2. The zero-order valence-electron chi connectivity index (χ0n) is 9.38. The highest BCUT2D eigenvalue weighted by molar-refractivity contribution is 5.85. The topological polar surface area (TPSA) is 85.2 Å². The monoisotopic (exact) mass is 244 g/mol. The molecule has 0 aliphatic carbocycles. The van der Waals surface area contributed by atoms with Crippen molar-refractivity contribution in [3.05, 3.63) is 30.1 Å². The summed E-state index contributed by atoms with van der Waals surface area (Å²) in [5.74, 6) is -0.557. The number of rotatable bonds is 4. The molecule has 1 aromatic heterocycles. The summed E-state index contributed by atoms with van der Waals surface area (Å²) in [5, 5.41) is 0. The number of pyridine rings is 1. The largest absolute Gasteiger partial charge is 0.367 e. The Morgan fingerprint density at radius 3 is 2.50 bits per heavy atom. The van der Waals surface area contributed by atoms with E-state index in [1.165, 1.54) is 0 Å². The lowest BCUT2D eigenvalue weighted by Gasteiger charge is -2.32. The van der Waals surface area contributed by atoms with E-state index in [-0.39, 0.29) is 12.4 Å². The third kappa shape index (κ3) is 3.16. The number of carbonyl (C=O) groups is 1. The van der Waals surface area contributed by atoms with Crippen LogP contribution in [0.3, 0.4) is 0 Å². The second-order valence-corrected chi connectivity index (χ2v) is 3.68. The smallest absolute Gasteiger partial charge is 0.252 e. The molecule has 0 saturated carbocycles. The first kappa shape index (κ1) is 14.8. The molecule has 1 rings (SSSR count). The van der Waals surface area contributed by atoms with E-state index in [0.717, 1.165) is 5.69 Å². The van der Waals surface area contributed by atoms with Crippen LogP contribution in [0.15, 0.2) is 24.4 Å². The van der Waals surface area contributed by atoms with Crippen LogP contribution in [-0.4, -0.2) is 35.5 Å². The maximum absolute atomic E-state index is 11.3. The number of halogens is 1. The van der Waals surface area contributed by atoms with Gasteiger partial charge in [-0.25, -0.2) is 0 Å². The SMILES string of the molecule is CN(C)[C@@](N)(Cc1ccccn1)C(N)=O.Cl. The second kappa shape index (κ2) is 5.79. The molecule has 1 atom stereocenters. The van der Waals surface area contributed by atoms with E-state index in [1.807, 2.05) is 18.2 Å². The lowest BCUT2D eigenvalue weighted by atomic mass is 10.0. The zero-order valence-corrected chi connectivity index (χ0v) is 10.2. The van der Waals surface area contributed by atoms with E-state index in [1.54, 1.807) is 25.2 Å². The predicted molar refractivity (Wildman–Crippen MR) is 65.0 cm³/mol. The highest BCUT2D eigenvalue weighted by Crippen LogP contribution is 2.10. The van der Waals surface area contributed by atoms with Crippen LogP contribution in [-0.2, 0) is 11.2 Å². The summed E-state index contributed by atoms with van der Waals surface area (Å²) in [6.07, 6.45) is 1.96. The summed E-state index contributed by atoms with van der Waals surface area (Å²) in [6.45, 7) is 0. The first-order chi connectivity index (χ1) is 6.97. The number of amides is 1. The van der Waals surface area contributed by atoms with Gasteiger partial charge in [0.25, 0.3) is 5.91 Å². The van der Waals surface area contributed by atoms with Gasteiger partial charge in [-0.2, -0.15) is 0 Å². The molecule has 0 aliphatic rings. The summed E-state index contributed by atoms with van der Waals surface area (Å²) in [7, 11) is 3.43. The van der Waals surface area contributed by atoms with Gasteiger partial charge in [-0.3, -0.25) is 14.7 Å². The number of primary amides is 1. The Bertz CT molecular complexity index is 344. The average molecular weight is 245 g/mol. The third-order valence-electron chi connectivity index (χ3n) is 2.40. The molecular formula is C10H17ClN4O. The molecule has 0 bridgehead atoms. The predicted octanol–water partition coefficient (Wildman–Crippen LogP) is -0.252. The van der Waals surface area contributed by atoms with E-state index in [0.29, 0.717) is 6.42 Å². The number of likely N-dealkylation sites (N-methyl/N-ethyl adjacent to an activating group) is 1. The zero-order chi connectivity index (χ0) is 11.5. The summed E-state index contributed by atoms with van der Waals surface area (Å²) in [5.41, 5.74) is 10.8. The van der Waals surface area contributed by atoms with Crippen molar-refractivity contribution in [2.45, 2.75) is 12.1 Å². The fourth-order valence-electron chi connectivity index (χ4n) is 1.24. The Morgan fingerprint density at radius 2 is 2.12 bits per heavy atom. The van der Waals surface area contributed by atoms with Gasteiger partial charge >= 0.3 is 0 Å². The molecule has 0 unspecified atom stereocenters. The fraction of sp³-hybridized carbons (Fsp3) is 0.400. The lowest BCUT2D eigenvalue weighted by Crippen LogP contribution is -2.63. The number of aromatic nitrogens is 1. The second-order valence-electron chi connectivity index (χ2n) is 3.68. The van der Waals surface area contributed by atoms with E-state index in [9.17, 15) is 4.79 Å².